The van der Waals surface area contributed by atoms with Crippen molar-refractivity contribution in [1.29, 1.82) is 0 Å². The molecule has 2 aromatic heterocycles. The van der Waals surface area contributed by atoms with Crippen molar-refractivity contribution < 1.29 is 22.7 Å². The average molecular weight is 437 g/mol. The number of furan rings is 2. The van der Waals surface area contributed by atoms with Crippen LogP contribution in [0.15, 0.2) is 87.9 Å². The Bertz CT molecular complexity index is 1120. The van der Waals surface area contributed by atoms with Gasteiger partial charge in [0.15, 0.2) is 5.60 Å². The van der Waals surface area contributed by atoms with E-state index in [1.807, 2.05) is 12.1 Å². The summed E-state index contributed by atoms with van der Waals surface area (Å²) in [7, 11) is 0. The Morgan fingerprint density at radius 1 is 0.844 bits per heavy atom. The van der Waals surface area contributed by atoms with E-state index in [0.717, 1.165) is 5.76 Å². The zero-order valence-corrected chi connectivity index (χ0v) is 18.0. The standard InChI is InChI=1S/C26H25F2NO3/c1-18(2)29(16-23-10-5-13-31-23)17-24-11-12-25(32-24)26(30,19-6-3-8-21(27)14-19)20-7-4-9-22(28)15-20/h3-15,18,30H,16-17H2,1-2H3. The van der Waals surface area contributed by atoms with E-state index in [1.165, 1.54) is 36.4 Å². The van der Waals surface area contributed by atoms with Crippen LogP contribution in [-0.4, -0.2) is 16.0 Å². The van der Waals surface area contributed by atoms with Gasteiger partial charge in [-0.15, -0.1) is 0 Å². The lowest BCUT2D eigenvalue weighted by Gasteiger charge is -2.28. The second kappa shape index (κ2) is 9.10. The highest BCUT2D eigenvalue weighted by molar-refractivity contribution is 5.44. The zero-order valence-electron chi connectivity index (χ0n) is 18.0. The summed E-state index contributed by atoms with van der Waals surface area (Å²) < 4.78 is 39.6. The van der Waals surface area contributed by atoms with Crippen LogP contribution in [0.1, 0.15) is 42.3 Å². The Morgan fingerprint density at radius 2 is 1.47 bits per heavy atom. The average Bonchev–Trinajstić information content (AvgIpc) is 3.45. The fourth-order valence-corrected chi connectivity index (χ4v) is 3.76. The van der Waals surface area contributed by atoms with Gasteiger partial charge in [-0.3, -0.25) is 4.90 Å². The third-order valence-electron chi connectivity index (χ3n) is 5.53. The van der Waals surface area contributed by atoms with Crippen molar-refractivity contribution in [2.45, 2.75) is 38.6 Å². The van der Waals surface area contributed by atoms with Gasteiger partial charge in [0, 0.05) is 6.04 Å². The summed E-state index contributed by atoms with van der Waals surface area (Å²) in [6.07, 6.45) is 1.64. The summed E-state index contributed by atoms with van der Waals surface area (Å²) in [6, 6.07) is 18.6. The van der Waals surface area contributed by atoms with Gasteiger partial charge in [0.05, 0.1) is 19.4 Å². The predicted molar refractivity (Wildman–Crippen MR) is 117 cm³/mol. The molecular weight excluding hydrogens is 412 g/mol. The predicted octanol–water partition coefficient (Wildman–Crippen LogP) is 5.85. The number of hydrogen-bond acceptors (Lipinski definition) is 4. The van der Waals surface area contributed by atoms with Crippen LogP contribution in [0.4, 0.5) is 8.78 Å². The fourth-order valence-electron chi connectivity index (χ4n) is 3.76. The molecule has 6 heteroatoms. The number of rotatable bonds is 8. The maximum atomic E-state index is 14.0. The molecule has 2 aromatic carbocycles. The number of benzene rings is 2. The number of aliphatic hydroxyl groups is 1. The molecule has 0 aliphatic rings. The summed E-state index contributed by atoms with van der Waals surface area (Å²) >= 11 is 0. The van der Waals surface area contributed by atoms with Crippen LogP contribution in [0.2, 0.25) is 0 Å². The molecule has 0 radical (unpaired) electrons. The smallest absolute Gasteiger partial charge is 0.173 e. The van der Waals surface area contributed by atoms with E-state index in [2.05, 4.69) is 18.7 Å². The minimum Gasteiger partial charge on any atom is -0.468 e. The van der Waals surface area contributed by atoms with E-state index in [-0.39, 0.29) is 22.9 Å². The van der Waals surface area contributed by atoms with E-state index >= 15 is 0 Å². The Labute approximate surface area is 185 Å². The summed E-state index contributed by atoms with van der Waals surface area (Å²) in [5, 5.41) is 11.8. The van der Waals surface area contributed by atoms with E-state index in [0.29, 0.717) is 18.8 Å². The van der Waals surface area contributed by atoms with Crippen LogP contribution in [0.3, 0.4) is 0 Å². The first-order valence-corrected chi connectivity index (χ1v) is 10.5. The van der Waals surface area contributed by atoms with Crippen LogP contribution in [0, 0.1) is 11.6 Å². The summed E-state index contributed by atoms with van der Waals surface area (Å²) in [5.41, 5.74) is -1.35. The minimum absolute atomic E-state index is 0.186. The Balaban J connectivity index is 1.70. The van der Waals surface area contributed by atoms with Gasteiger partial charge >= 0.3 is 0 Å². The van der Waals surface area contributed by atoms with Crippen molar-refractivity contribution in [2.24, 2.45) is 0 Å². The van der Waals surface area contributed by atoms with Gasteiger partial charge in [-0.05, 0) is 73.5 Å². The molecule has 2 heterocycles. The van der Waals surface area contributed by atoms with Crippen molar-refractivity contribution in [2.75, 3.05) is 0 Å². The molecule has 0 fully saturated rings. The monoisotopic (exact) mass is 437 g/mol. The molecule has 0 aliphatic heterocycles. The molecule has 0 amide bonds. The molecule has 4 rings (SSSR count). The number of nitrogens with zero attached hydrogens (tertiary/aromatic N) is 1. The fraction of sp³-hybridized carbons (Fsp3) is 0.231. The topological polar surface area (TPSA) is 49.8 Å². The number of hydrogen-bond donors (Lipinski definition) is 1. The summed E-state index contributed by atoms with van der Waals surface area (Å²) in [6.45, 7) is 5.21. The van der Waals surface area contributed by atoms with Crippen LogP contribution in [0.5, 0.6) is 0 Å². The maximum absolute atomic E-state index is 14.0. The van der Waals surface area contributed by atoms with E-state index in [4.69, 9.17) is 8.83 Å². The first-order chi connectivity index (χ1) is 15.4. The largest absolute Gasteiger partial charge is 0.468 e. The van der Waals surface area contributed by atoms with Crippen molar-refractivity contribution in [3.63, 3.8) is 0 Å². The van der Waals surface area contributed by atoms with Crippen molar-refractivity contribution in [3.05, 3.63) is 119 Å². The zero-order chi connectivity index (χ0) is 22.7. The van der Waals surface area contributed by atoms with E-state index < -0.39 is 17.2 Å². The molecule has 166 valence electrons. The molecule has 0 saturated carbocycles. The highest BCUT2D eigenvalue weighted by Crippen LogP contribution is 2.38. The maximum Gasteiger partial charge on any atom is 0.173 e. The highest BCUT2D eigenvalue weighted by Gasteiger charge is 2.38. The van der Waals surface area contributed by atoms with Crippen molar-refractivity contribution in [1.82, 2.24) is 4.90 Å². The first kappa shape index (κ1) is 22.0. The van der Waals surface area contributed by atoms with Gasteiger partial charge in [0.2, 0.25) is 0 Å². The molecule has 0 spiro atoms. The number of halogens is 2. The van der Waals surface area contributed by atoms with Gasteiger partial charge < -0.3 is 13.9 Å². The quantitative estimate of drug-likeness (QED) is 0.376. The lowest BCUT2D eigenvalue weighted by atomic mass is 9.84. The van der Waals surface area contributed by atoms with Crippen LogP contribution in [0.25, 0.3) is 0 Å². The summed E-state index contributed by atoms with van der Waals surface area (Å²) in [4.78, 5) is 2.16. The SMILES string of the molecule is CC(C)N(Cc1ccco1)Cc1ccc(C(O)(c2cccc(F)c2)c2cccc(F)c2)o1. The van der Waals surface area contributed by atoms with Crippen molar-refractivity contribution >= 4 is 0 Å². The second-order valence-corrected chi connectivity index (χ2v) is 8.08. The molecule has 32 heavy (non-hydrogen) atoms. The van der Waals surface area contributed by atoms with Gasteiger partial charge in [0.1, 0.15) is 28.9 Å². The van der Waals surface area contributed by atoms with Gasteiger partial charge in [-0.1, -0.05) is 24.3 Å². The van der Waals surface area contributed by atoms with Crippen molar-refractivity contribution in [3.8, 4) is 0 Å². The lowest BCUT2D eigenvalue weighted by Crippen LogP contribution is -2.30. The lowest BCUT2D eigenvalue weighted by molar-refractivity contribution is 0.0930. The molecule has 0 saturated heterocycles. The van der Waals surface area contributed by atoms with Crippen LogP contribution >= 0.6 is 0 Å². The minimum atomic E-state index is -1.86. The highest BCUT2D eigenvalue weighted by atomic mass is 19.1. The van der Waals surface area contributed by atoms with Crippen LogP contribution in [-0.2, 0) is 18.7 Å². The van der Waals surface area contributed by atoms with Gasteiger partial charge in [-0.25, -0.2) is 8.78 Å². The molecule has 1 N–H and O–H groups in total. The normalized spacial score (nSPS) is 12.1. The first-order valence-electron chi connectivity index (χ1n) is 10.5. The van der Waals surface area contributed by atoms with E-state index in [1.54, 1.807) is 30.5 Å². The molecule has 0 unspecified atom stereocenters. The Kier molecular flexibility index (Phi) is 6.26. The Morgan fingerprint density at radius 3 is 2.00 bits per heavy atom. The van der Waals surface area contributed by atoms with E-state index in [9.17, 15) is 13.9 Å². The van der Waals surface area contributed by atoms with Gasteiger partial charge in [0.25, 0.3) is 0 Å². The van der Waals surface area contributed by atoms with Crippen LogP contribution < -0.4 is 0 Å². The molecule has 0 bridgehead atoms. The third kappa shape index (κ3) is 4.52. The third-order valence-corrected chi connectivity index (χ3v) is 5.53. The molecule has 0 aliphatic carbocycles. The molecule has 4 aromatic rings. The Hall–Kier alpha value is -3.22. The second-order valence-electron chi connectivity index (χ2n) is 8.08. The van der Waals surface area contributed by atoms with Gasteiger partial charge in [-0.2, -0.15) is 0 Å². The molecule has 4 nitrogen and oxygen atoms in total. The molecular formula is C26H25F2NO3. The summed E-state index contributed by atoms with van der Waals surface area (Å²) in [5.74, 6) is 0.625. The molecule has 0 atom stereocenters.